The third-order valence-electron chi connectivity index (χ3n) is 5.54. The topological polar surface area (TPSA) is 32.8 Å². The van der Waals surface area contributed by atoms with Crippen molar-refractivity contribution in [1.29, 1.82) is 0 Å². The van der Waals surface area contributed by atoms with Crippen LogP contribution in [-0.4, -0.2) is 42.8 Å². The first kappa shape index (κ1) is 14.3. The van der Waals surface area contributed by atoms with Crippen molar-refractivity contribution in [2.24, 2.45) is 5.92 Å². The van der Waals surface area contributed by atoms with Crippen molar-refractivity contribution in [3.8, 4) is 0 Å². The van der Waals surface area contributed by atoms with Crippen molar-refractivity contribution < 1.29 is 9.53 Å². The molecule has 0 unspecified atom stereocenters. The van der Waals surface area contributed by atoms with Gasteiger partial charge in [0, 0.05) is 22.8 Å². The second-order valence-corrected chi connectivity index (χ2v) is 9.30. The molecule has 4 saturated heterocycles. The number of benzene rings is 1. The van der Waals surface area contributed by atoms with E-state index < -0.39 is 0 Å². The number of halogens is 1. The molecule has 5 heterocycles. The zero-order valence-corrected chi connectivity index (χ0v) is 15.0. The molecule has 2 bridgehead atoms. The first-order valence-electron chi connectivity index (χ1n) is 8.05. The van der Waals surface area contributed by atoms with E-state index in [9.17, 15) is 4.79 Å². The van der Waals surface area contributed by atoms with Crippen molar-refractivity contribution in [3.05, 3.63) is 28.1 Å². The fraction of sp³-hybridized carbons (Fsp3) is 0.471. The minimum absolute atomic E-state index is 0.188. The molecule has 4 fully saturated rings. The molecule has 4 nitrogen and oxygen atoms in total. The second-order valence-electron chi connectivity index (χ2n) is 6.84. The number of hydrogen-bond donors (Lipinski definition) is 0. The van der Waals surface area contributed by atoms with Gasteiger partial charge in [-0.25, -0.2) is 4.79 Å². The van der Waals surface area contributed by atoms with Gasteiger partial charge < -0.3 is 4.74 Å². The number of carbonyl (C=O) groups excluding carboxylic acids is 1. The molecule has 1 aromatic carbocycles. The predicted molar refractivity (Wildman–Crippen MR) is 95.2 cm³/mol. The number of hydrogen-bond acceptors (Lipinski definition) is 4. The lowest BCUT2D eigenvalue weighted by Crippen LogP contribution is -2.61. The Morgan fingerprint density at radius 1 is 1.22 bits per heavy atom. The van der Waals surface area contributed by atoms with Crippen LogP contribution in [0.2, 0.25) is 0 Å². The maximum atomic E-state index is 12.5. The van der Waals surface area contributed by atoms with Crippen molar-refractivity contribution in [3.63, 3.8) is 0 Å². The molecule has 0 N–H and O–H groups in total. The molecule has 4 aliphatic rings. The van der Waals surface area contributed by atoms with E-state index >= 15 is 0 Å². The lowest BCUT2D eigenvalue weighted by molar-refractivity contribution is -0.0881. The zero-order chi connectivity index (χ0) is 15.6. The highest BCUT2D eigenvalue weighted by atomic mass is 79.9. The summed E-state index contributed by atoms with van der Waals surface area (Å²) in [7, 11) is 0. The first-order valence-corrected chi connectivity index (χ1v) is 9.66. The number of anilines is 1. The number of piperidine rings is 3. The number of amides is 1. The molecule has 0 radical (unpaired) electrons. The summed E-state index contributed by atoms with van der Waals surface area (Å²) in [5.41, 5.74) is 0.652. The number of rotatable bonds is 1. The quantitative estimate of drug-likeness (QED) is 0.732. The molecule has 120 valence electrons. The lowest BCUT2D eigenvalue weighted by Gasteiger charge is -2.49. The Morgan fingerprint density at radius 3 is 2.78 bits per heavy atom. The van der Waals surface area contributed by atoms with Gasteiger partial charge in [0.05, 0.1) is 10.3 Å². The van der Waals surface area contributed by atoms with E-state index in [-0.39, 0.29) is 11.7 Å². The highest BCUT2D eigenvalue weighted by molar-refractivity contribution is 9.11. The third-order valence-corrected chi connectivity index (χ3v) is 7.16. The predicted octanol–water partition coefficient (Wildman–Crippen LogP) is 4.08. The van der Waals surface area contributed by atoms with Crippen LogP contribution in [0, 0.1) is 5.92 Å². The van der Waals surface area contributed by atoms with Gasteiger partial charge >= 0.3 is 6.09 Å². The van der Waals surface area contributed by atoms with Crippen molar-refractivity contribution >= 4 is 49.1 Å². The van der Waals surface area contributed by atoms with E-state index in [1.54, 1.807) is 11.3 Å². The summed E-state index contributed by atoms with van der Waals surface area (Å²) < 4.78 is 8.29. The van der Waals surface area contributed by atoms with Crippen LogP contribution in [0.1, 0.15) is 12.8 Å². The monoisotopic (exact) mass is 392 g/mol. The Balaban J connectivity index is 1.49. The van der Waals surface area contributed by atoms with Crippen LogP contribution in [0.4, 0.5) is 10.5 Å². The van der Waals surface area contributed by atoms with E-state index in [4.69, 9.17) is 4.74 Å². The van der Waals surface area contributed by atoms with Crippen LogP contribution in [0.5, 0.6) is 0 Å². The molecule has 1 aromatic heterocycles. The SMILES string of the molecule is O=C1O[C@]2(CN3CCC2CC3)CN1c1ccc2sc(Br)cc2c1. The van der Waals surface area contributed by atoms with Gasteiger partial charge in [-0.2, -0.15) is 0 Å². The van der Waals surface area contributed by atoms with Crippen molar-refractivity contribution in [2.75, 3.05) is 31.1 Å². The Bertz CT molecular complexity index is 799. The number of fused-ring (bicyclic) bond motifs is 3. The average molecular weight is 393 g/mol. The average Bonchev–Trinajstić information content (AvgIpc) is 3.07. The normalized spacial score (nSPS) is 32.9. The van der Waals surface area contributed by atoms with Crippen LogP contribution in [-0.2, 0) is 4.74 Å². The summed E-state index contributed by atoms with van der Waals surface area (Å²) in [6, 6.07) is 8.33. The highest BCUT2D eigenvalue weighted by Crippen LogP contribution is 2.43. The zero-order valence-electron chi connectivity index (χ0n) is 12.6. The molecular formula is C17H17BrN2O2S. The van der Waals surface area contributed by atoms with Gasteiger partial charge in [-0.05, 0) is 71.5 Å². The summed E-state index contributed by atoms with van der Waals surface area (Å²) in [4.78, 5) is 16.8. The Kier molecular flexibility index (Phi) is 3.06. The summed E-state index contributed by atoms with van der Waals surface area (Å²) >= 11 is 5.24. The van der Waals surface area contributed by atoms with Crippen molar-refractivity contribution in [1.82, 2.24) is 4.90 Å². The fourth-order valence-corrected chi connectivity index (χ4v) is 5.91. The van der Waals surface area contributed by atoms with E-state index in [0.29, 0.717) is 12.5 Å². The fourth-order valence-electron chi connectivity index (χ4n) is 4.38. The molecule has 1 spiro atoms. The maximum absolute atomic E-state index is 12.5. The van der Waals surface area contributed by atoms with Crippen molar-refractivity contribution in [2.45, 2.75) is 18.4 Å². The lowest BCUT2D eigenvalue weighted by atomic mass is 9.75. The summed E-state index contributed by atoms with van der Waals surface area (Å²) in [6.45, 7) is 3.88. The van der Waals surface area contributed by atoms with Crippen LogP contribution >= 0.6 is 27.3 Å². The van der Waals surface area contributed by atoms with E-state index in [2.05, 4.69) is 39.0 Å². The molecular weight excluding hydrogens is 376 g/mol. The number of nitrogens with zero attached hydrogens (tertiary/aromatic N) is 2. The molecule has 6 heteroatoms. The van der Waals surface area contributed by atoms with Gasteiger partial charge in [0.1, 0.15) is 5.60 Å². The van der Waals surface area contributed by atoms with Crippen LogP contribution in [0.15, 0.2) is 28.1 Å². The van der Waals surface area contributed by atoms with Gasteiger partial charge in [-0.3, -0.25) is 9.80 Å². The molecule has 1 atom stereocenters. The van der Waals surface area contributed by atoms with Crippen LogP contribution in [0.3, 0.4) is 0 Å². The second kappa shape index (κ2) is 4.94. The van der Waals surface area contributed by atoms with Gasteiger partial charge in [0.25, 0.3) is 0 Å². The molecule has 1 amide bonds. The highest BCUT2D eigenvalue weighted by Gasteiger charge is 2.55. The first-order chi connectivity index (χ1) is 11.1. The van der Waals surface area contributed by atoms with Gasteiger partial charge in [0.15, 0.2) is 0 Å². The molecule has 4 aliphatic heterocycles. The van der Waals surface area contributed by atoms with Gasteiger partial charge in [0.2, 0.25) is 0 Å². The maximum Gasteiger partial charge on any atom is 0.415 e. The molecule has 0 aliphatic carbocycles. The Labute approximate surface area is 147 Å². The van der Waals surface area contributed by atoms with E-state index in [1.165, 1.54) is 10.1 Å². The van der Waals surface area contributed by atoms with E-state index in [1.807, 2.05) is 11.0 Å². The van der Waals surface area contributed by atoms with Crippen LogP contribution < -0.4 is 4.90 Å². The number of carbonyl (C=O) groups is 1. The molecule has 0 saturated carbocycles. The largest absolute Gasteiger partial charge is 0.439 e. The standard InChI is InChI=1S/C17H17BrN2O2S/c18-15-8-11-7-13(1-2-14(11)23-15)20-10-17(22-16(20)21)9-19-5-3-12(17)4-6-19/h1-2,7-8,12H,3-6,9-10H2/t17-/m1/s1. The molecule has 6 rings (SSSR count). The molecule has 2 aromatic rings. The summed E-state index contributed by atoms with van der Waals surface area (Å²) in [5, 5.41) is 1.17. The Hall–Kier alpha value is -1.11. The summed E-state index contributed by atoms with van der Waals surface area (Å²) in [6.07, 6.45) is 2.11. The van der Waals surface area contributed by atoms with Gasteiger partial charge in [-0.15, -0.1) is 11.3 Å². The molecule has 23 heavy (non-hydrogen) atoms. The Morgan fingerprint density at radius 2 is 2.04 bits per heavy atom. The number of ether oxygens (including phenoxy) is 1. The minimum atomic E-state index is -0.294. The minimum Gasteiger partial charge on any atom is -0.439 e. The van der Waals surface area contributed by atoms with E-state index in [0.717, 1.165) is 41.9 Å². The number of thiophene rings is 1. The smallest absolute Gasteiger partial charge is 0.415 e. The van der Waals surface area contributed by atoms with Gasteiger partial charge in [-0.1, -0.05) is 0 Å². The summed E-state index contributed by atoms with van der Waals surface area (Å²) in [5.74, 6) is 0.514. The van der Waals surface area contributed by atoms with Crippen LogP contribution in [0.25, 0.3) is 10.1 Å². The third kappa shape index (κ3) is 2.15.